The molecule has 0 saturated heterocycles. The lowest BCUT2D eigenvalue weighted by Gasteiger charge is -2.17. The zero-order chi connectivity index (χ0) is 22.2. The van der Waals surface area contributed by atoms with Crippen LogP contribution in [-0.4, -0.2) is 31.1 Å². The zero-order valence-electron chi connectivity index (χ0n) is 17.0. The number of likely N-dealkylation sites (N-methyl/N-ethyl adjacent to an activating group) is 1. The number of carbonyl (C=O) groups excluding carboxylic acids is 2. The van der Waals surface area contributed by atoms with Crippen LogP contribution >= 0.6 is 15.9 Å². The molecule has 5 nitrogen and oxygen atoms in total. The minimum Gasteiger partial charge on any atom is -0.366 e. The Labute approximate surface area is 190 Å². The van der Waals surface area contributed by atoms with Crippen molar-refractivity contribution in [3.05, 3.63) is 106 Å². The fourth-order valence-corrected chi connectivity index (χ4v) is 3.48. The first-order valence-corrected chi connectivity index (χ1v) is 10.4. The van der Waals surface area contributed by atoms with Crippen LogP contribution in [0, 0.1) is 0 Å². The fraction of sp³-hybridized carbons (Fsp3) is 0.0800. The zero-order valence-corrected chi connectivity index (χ0v) is 18.6. The lowest BCUT2D eigenvalue weighted by atomic mass is 10.0. The topological polar surface area (TPSA) is 75.8 Å². The van der Waals surface area contributed by atoms with Crippen molar-refractivity contribution < 1.29 is 9.59 Å². The third kappa shape index (κ3) is 5.77. The molecule has 3 aromatic carbocycles. The molecule has 1 aliphatic rings. The number of benzene rings is 3. The van der Waals surface area contributed by atoms with Gasteiger partial charge in [-0.1, -0.05) is 82.7 Å². The fourth-order valence-electron chi connectivity index (χ4n) is 3.06. The third-order valence-corrected chi connectivity index (χ3v) is 5.37. The average Bonchev–Trinajstić information content (AvgIpc) is 2.91. The Hall–Kier alpha value is -3.51. The summed E-state index contributed by atoms with van der Waals surface area (Å²) in [5.41, 5.74) is 9.73. The van der Waals surface area contributed by atoms with Crippen molar-refractivity contribution in [3.63, 3.8) is 0 Å². The molecule has 0 spiro atoms. The maximum atomic E-state index is 12.0. The quantitative estimate of drug-likeness (QED) is 0.568. The molecule has 2 N–H and O–H groups in total. The molecular formula is C25H22BrN3O2. The van der Waals surface area contributed by atoms with E-state index in [2.05, 4.69) is 20.9 Å². The summed E-state index contributed by atoms with van der Waals surface area (Å²) in [7, 11) is 1.80. The first kappa shape index (κ1) is 22.2. The van der Waals surface area contributed by atoms with Gasteiger partial charge in [0.2, 0.25) is 11.8 Å². The van der Waals surface area contributed by atoms with Crippen molar-refractivity contribution in [1.29, 1.82) is 0 Å². The number of halogens is 1. The molecule has 0 unspecified atom stereocenters. The number of benzodiazepines with no additional fused rings is 1. The first-order valence-electron chi connectivity index (χ1n) is 9.65. The normalized spacial score (nSPS) is 13.0. The van der Waals surface area contributed by atoms with Gasteiger partial charge in [0.1, 0.15) is 6.54 Å². The van der Waals surface area contributed by atoms with Gasteiger partial charge >= 0.3 is 0 Å². The van der Waals surface area contributed by atoms with E-state index in [1.165, 1.54) is 6.08 Å². The Balaban J connectivity index is 0.000000196. The van der Waals surface area contributed by atoms with Crippen molar-refractivity contribution in [1.82, 2.24) is 0 Å². The number of amides is 2. The molecule has 1 aliphatic heterocycles. The summed E-state index contributed by atoms with van der Waals surface area (Å²) in [6, 6.07) is 25.5. The second-order valence-corrected chi connectivity index (χ2v) is 7.61. The second-order valence-electron chi connectivity index (χ2n) is 6.76. The van der Waals surface area contributed by atoms with E-state index < -0.39 is 5.91 Å². The minimum atomic E-state index is -0.439. The molecule has 0 bridgehead atoms. The molecule has 2 amide bonds. The molecule has 0 saturated carbocycles. The number of para-hydroxylation sites is 1. The van der Waals surface area contributed by atoms with Crippen LogP contribution in [-0.2, 0) is 9.59 Å². The molecule has 6 heteroatoms. The van der Waals surface area contributed by atoms with E-state index >= 15 is 0 Å². The molecule has 0 radical (unpaired) electrons. The lowest BCUT2D eigenvalue weighted by Crippen LogP contribution is -2.27. The summed E-state index contributed by atoms with van der Waals surface area (Å²) in [6.45, 7) is 0.190. The van der Waals surface area contributed by atoms with Crippen LogP contribution in [0.3, 0.4) is 0 Å². The number of primary amides is 1. The van der Waals surface area contributed by atoms with E-state index in [4.69, 9.17) is 5.73 Å². The Bertz CT molecular complexity index is 1140. The van der Waals surface area contributed by atoms with Crippen molar-refractivity contribution in [2.45, 2.75) is 0 Å². The Morgan fingerprint density at radius 2 is 1.65 bits per heavy atom. The van der Waals surface area contributed by atoms with Crippen LogP contribution in [0.4, 0.5) is 5.69 Å². The number of aliphatic imine (C=N–C) groups is 1. The number of nitrogens with zero attached hydrogens (tertiary/aromatic N) is 2. The highest BCUT2D eigenvalue weighted by atomic mass is 79.9. The van der Waals surface area contributed by atoms with E-state index in [-0.39, 0.29) is 12.5 Å². The number of hydrogen-bond acceptors (Lipinski definition) is 3. The van der Waals surface area contributed by atoms with E-state index in [1.54, 1.807) is 18.0 Å². The number of anilines is 1. The van der Waals surface area contributed by atoms with E-state index in [0.29, 0.717) is 0 Å². The van der Waals surface area contributed by atoms with Crippen LogP contribution in [0.15, 0.2) is 94.4 Å². The van der Waals surface area contributed by atoms with Crippen molar-refractivity contribution in [2.75, 3.05) is 18.5 Å². The highest BCUT2D eigenvalue weighted by Crippen LogP contribution is 2.25. The lowest BCUT2D eigenvalue weighted by molar-refractivity contribution is -0.117. The predicted molar refractivity (Wildman–Crippen MR) is 129 cm³/mol. The summed E-state index contributed by atoms with van der Waals surface area (Å²) in [6.07, 6.45) is 3.01. The van der Waals surface area contributed by atoms with Gasteiger partial charge in [0.25, 0.3) is 0 Å². The maximum Gasteiger partial charge on any atom is 0.248 e. The highest BCUT2D eigenvalue weighted by molar-refractivity contribution is 9.10. The highest BCUT2D eigenvalue weighted by Gasteiger charge is 2.21. The van der Waals surface area contributed by atoms with Gasteiger partial charge in [-0.05, 0) is 23.8 Å². The second kappa shape index (κ2) is 10.5. The predicted octanol–water partition coefficient (Wildman–Crippen LogP) is 4.45. The van der Waals surface area contributed by atoms with Gasteiger partial charge in [-0.15, -0.1) is 0 Å². The summed E-state index contributed by atoms with van der Waals surface area (Å²) < 4.78 is 0.947. The first-order chi connectivity index (χ1) is 15.0. The average molecular weight is 476 g/mol. The summed E-state index contributed by atoms with van der Waals surface area (Å²) in [5.74, 6) is -0.427. The summed E-state index contributed by atoms with van der Waals surface area (Å²) in [5, 5.41) is 0. The molecule has 0 aliphatic carbocycles. The van der Waals surface area contributed by atoms with Crippen LogP contribution in [0.1, 0.15) is 16.7 Å². The van der Waals surface area contributed by atoms with E-state index in [9.17, 15) is 9.59 Å². The number of fused-ring (bicyclic) bond motifs is 1. The van der Waals surface area contributed by atoms with Crippen molar-refractivity contribution in [3.8, 4) is 0 Å². The number of nitrogens with two attached hydrogens (primary N) is 1. The molecule has 1 heterocycles. The number of hydrogen-bond donors (Lipinski definition) is 1. The van der Waals surface area contributed by atoms with E-state index in [1.807, 2.05) is 78.9 Å². The molecule has 156 valence electrons. The Morgan fingerprint density at radius 3 is 2.35 bits per heavy atom. The van der Waals surface area contributed by atoms with Gasteiger partial charge in [0.15, 0.2) is 0 Å². The standard InChI is InChI=1S/C16H14N2O.C9H8BrNO/c1-18-14-10-6-5-9-13(14)16(17-11-15(18)19)12-7-3-2-4-8-12;10-8-4-2-1-3-7(8)5-6-9(11)12/h2-10H,11H2,1H3;1-6H,(H2,11,12)/b;6-5+. The molecule has 0 fully saturated rings. The molecule has 3 aromatic rings. The van der Waals surface area contributed by atoms with Crippen LogP contribution < -0.4 is 10.6 Å². The van der Waals surface area contributed by atoms with Crippen molar-refractivity contribution in [2.24, 2.45) is 10.7 Å². The number of rotatable bonds is 3. The van der Waals surface area contributed by atoms with Crippen LogP contribution in [0.5, 0.6) is 0 Å². The van der Waals surface area contributed by atoms with E-state index in [0.717, 1.165) is 32.6 Å². The van der Waals surface area contributed by atoms with Gasteiger partial charge in [-0.3, -0.25) is 14.6 Å². The monoisotopic (exact) mass is 475 g/mol. The van der Waals surface area contributed by atoms with Gasteiger partial charge in [0, 0.05) is 28.7 Å². The van der Waals surface area contributed by atoms with Gasteiger partial charge in [0.05, 0.1) is 11.4 Å². The molecule has 4 rings (SSSR count). The molecule has 0 aromatic heterocycles. The molecule has 0 atom stereocenters. The largest absolute Gasteiger partial charge is 0.366 e. The van der Waals surface area contributed by atoms with Crippen LogP contribution in [0.2, 0.25) is 0 Å². The van der Waals surface area contributed by atoms with Gasteiger partial charge in [-0.25, -0.2) is 0 Å². The number of carbonyl (C=O) groups is 2. The molecule has 31 heavy (non-hydrogen) atoms. The summed E-state index contributed by atoms with van der Waals surface area (Å²) in [4.78, 5) is 28.5. The molecular weight excluding hydrogens is 454 g/mol. The van der Waals surface area contributed by atoms with Crippen molar-refractivity contribution >= 4 is 45.2 Å². The SMILES string of the molecule is CN1C(=O)CN=C(c2ccccc2)c2ccccc21.NC(=O)/C=C/c1ccccc1Br. The summed E-state index contributed by atoms with van der Waals surface area (Å²) >= 11 is 3.34. The third-order valence-electron chi connectivity index (χ3n) is 4.65. The minimum absolute atomic E-state index is 0.0124. The van der Waals surface area contributed by atoms with Crippen LogP contribution in [0.25, 0.3) is 6.08 Å². The Morgan fingerprint density at radius 1 is 1.00 bits per heavy atom. The maximum absolute atomic E-state index is 12.0. The van der Waals surface area contributed by atoms with Gasteiger partial charge < -0.3 is 10.6 Å². The van der Waals surface area contributed by atoms with Gasteiger partial charge in [-0.2, -0.15) is 0 Å². The smallest absolute Gasteiger partial charge is 0.248 e. The Kier molecular flexibility index (Phi) is 7.51.